The third-order valence-electron chi connectivity index (χ3n) is 2.68. The van der Waals surface area contributed by atoms with Gasteiger partial charge < -0.3 is 13.6 Å². The molecular weight excluding hydrogens is 234 g/mol. The fourth-order valence-corrected chi connectivity index (χ4v) is 8.65. The van der Waals surface area contributed by atoms with Gasteiger partial charge >= 0.3 is 7.60 Å². The first-order chi connectivity index (χ1) is 6.96. The van der Waals surface area contributed by atoms with Gasteiger partial charge in [0.25, 0.3) is 0 Å². The van der Waals surface area contributed by atoms with Crippen LogP contribution in [0.15, 0.2) is 0 Å². The fraction of sp³-hybridized carbons (Fsp3) is 1.00. The van der Waals surface area contributed by atoms with Gasteiger partial charge in [0.15, 0.2) is 0 Å². The Balaban J connectivity index is 2.89. The number of hydrogen-bond acceptors (Lipinski definition) is 4. The average molecular weight is 254 g/mol. The summed E-state index contributed by atoms with van der Waals surface area (Å²) in [6.45, 7) is 5.96. The Morgan fingerprint density at radius 1 is 1.33 bits per heavy atom. The Hall–Kier alpha value is 0.380. The van der Waals surface area contributed by atoms with Gasteiger partial charge in [-0.1, -0.05) is 0 Å². The van der Waals surface area contributed by atoms with Crippen molar-refractivity contribution >= 4 is 14.7 Å². The van der Waals surface area contributed by atoms with Gasteiger partial charge in [0, 0.05) is 6.16 Å². The quantitative estimate of drug-likeness (QED) is 0.706. The highest BCUT2D eigenvalue weighted by atomic mass is 31.2. The van der Waals surface area contributed by atoms with Crippen LogP contribution in [-0.4, -0.2) is 31.4 Å². The lowest BCUT2D eigenvalue weighted by Gasteiger charge is -2.25. The molecule has 0 saturated carbocycles. The summed E-state index contributed by atoms with van der Waals surface area (Å²) in [4.78, 5) is 0. The van der Waals surface area contributed by atoms with Crippen molar-refractivity contribution in [1.82, 2.24) is 0 Å². The van der Waals surface area contributed by atoms with E-state index in [0.717, 1.165) is 6.42 Å². The van der Waals surface area contributed by atoms with Crippen LogP contribution in [-0.2, 0) is 18.2 Å². The van der Waals surface area contributed by atoms with Gasteiger partial charge in [0.2, 0.25) is 0 Å². The van der Waals surface area contributed by atoms with Crippen molar-refractivity contribution in [1.29, 1.82) is 0 Å². The molecule has 0 amide bonds. The summed E-state index contributed by atoms with van der Waals surface area (Å²) in [5.41, 5.74) is 0. The molecule has 0 aromatic rings. The summed E-state index contributed by atoms with van der Waals surface area (Å²) in [7, 11) is -5.50. The highest BCUT2D eigenvalue weighted by Gasteiger charge is 2.48. The van der Waals surface area contributed by atoms with Crippen LogP contribution >= 0.6 is 14.7 Å². The zero-order valence-corrected chi connectivity index (χ0v) is 11.4. The van der Waals surface area contributed by atoms with Gasteiger partial charge in [0.1, 0.15) is 5.40 Å². The minimum absolute atomic E-state index is 0.341. The lowest BCUT2D eigenvalue weighted by atomic mass is 10.4. The molecule has 1 aliphatic rings. The number of hydrogen-bond donors (Lipinski definition) is 0. The molecule has 4 nitrogen and oxygen atoms in total. The van der Waals surface area contributed by atoms with Gasteiger partial charge in [-0.25, -0.2) is 0 Å². The van der Waals surface area contributed by atoms with E-state index >= 15 is 0 Å². The lowest BCUT2D eigenvalue weighted by molar-refractivity contribution is 0.217. The van der Waals surface area contributed by atoms with Crippen molar-refractivity contribution in [3.05, 3.63) is 0 Å². The SMILES string of the molecule is CCOP(=O)(OCC)C1CCCP1(C)=O. The van der Waals surface area contributed by atoms with Gasteiger partial charge in [-0.3, -0.25) is 4.57 Å². The van der Waals surface area contributed by atoms with Crippen LogP contribution in [0.3, 0.4) is 0 Å². The molecule has 0 aromatic carbocycles. The maximum Gasteiger partial charge on any atom is 0.340 e. The van der Waals surface area contributed by atoms with Crippen LogP contribution in [0.4, 0.5) is 0 Å². The van der Waals surface area contributed by atoms with Gasteiger partial charge in [0.05, 0.1) is 20.4 Å². The molecule has 1 fully saturated rings. The van der Waals surface area contributed by atoms with Crippen LogP contribution in [0.1, 0.15) is 26.7 Å². The van der Waals surface area contributed by atoms with Gasteiger partial charge in [-0.15, -0.1) is 0 Å². The molecule has 1 aliphatic heterocycles. The van der Waals surface area contributed by atoms with Crippen LogP contribution in [0, 0.1) is 0 Å². The summed E-state index contributed by atoms with van der Waals surface area (Å²) in [5, 5.41) is -0.370. The molecule has 15 heavy (non-hydrogen) atoms. The van der Waals surface area contributed by atoms with E-state index in [1.165, 1.54) is 0 Å². The molecule has 2 atom stereocenters. The molecule has 0 N–H and O–H groups in total. The maximum absolute atomic E-state index is 12.4. The smallest absolute Gasteiger partial charge is 0.323 e. The Bertz CT molecular complexity index is 292. The van der Waals surface area contributed by atoms with Crippen molar-refractivity contribution in [2.24, 2.45) is 0 Å². The van der Waals surface area contributed by atoms with E-state index in [0.29, 0.717) is 25.8 Å². The minimum Gasteiger partial charge on any atom is -0.323 e. The molecule has 2 unspecified atom stereocenters. The molecule has 90 valence electrons. The van der Waals surface area contributed by atoms with E-state index in [9.17, 15) is 9.13 Å². The van der Waals surface area contributed by atoms with Gasteiger partial charge in [-0.2, -0.15) is 0 Å². The Morgan fingerprint density at radius 2 is 1.87 bits per heavy atom. The van der Waals surface area contributed by atoms with Crippen molar-refractivity contribution in [2.75, 3.05) is 26.0 Å². The van der Waals surface area contributed by atoms with E-state index in [1.54, 1.807) is 20.5 Å². The second-order valence-electron chi connectivity index (χ2n) is 3.90. The summed E-state index contributed by atoms with van der Waals surface area (Å²) < 4.78 is 35.1. The van der Waals surface area contributed by atoms with E-state index in [2.05, 4.69) is 0 Å². The predicted octanol–water partition coefficient (Wildman–Crippen LogP) is 3.37. The predicted molar refractivity (Wildman–Crippen MR) is 62.3 cm³/mol. The summed E-state index contributed by atoms with van der Waals surface area (Å²) in [6, 6.07) is 0. The summed E-state index contributed by atoms with van der Waals surface area (Å²) in [5.74, 6) is 0. The normalized spacial score (nSPS) is 32.1. The van der Waals surface area contributed by atoms with Crippen LogP contribution in [0.2, 0.25) is 0 Å². The van der Waals surface area contributed by atoms with Crippen LogP contribution < -0.4 is 0 Å². The van der Waals surface area contributed by atoms with Crippen molar-refractivity contribution in [2.45, 2.75) is 32.1 Å². The van der Waals surface area contributed by atoms with E-state index < -0.39 is 14.7 Å². The Morgan fingerprint density at radius 3 is 2.20 bits per heavy atom. The topological polar surface area (TPSA) is 52.6 Å². The second-order valence-corrected chi connectivity index (χ2v) is 9.94. The van der Waals surface area contributed by atoms with Crippen molar-refractivity contribution in [3.8, 4) is 0 Å². The van der Waals surface area contributed by atoms with Crippen molar-refractivity contribution in [3.63, 3.8) is 0 Å². The highest BCUT2D eigenvalue weighted by Crippen LogP contribution is 2.72. The third kappa shape index (κ3) is 2.94. The molecule has 1 rings (SSSR count). The standard InChI is InChI=1S/C9H20O4P2/c1-4-12-15(11,13-5-2)9-7-6-8-14(9,3)10/h9H,4-8H2,1-3H3. The Kier molecular flexibility index (Phi) is 4.61. The molecule has 0 radical (unpaired) electrons. The van der Waals surface area contributed by atoms with E-state index in [4.69, 9.17) is 9.05 Å². The average Bonchev–Trinajstić information content (AvgIpc) is 2.46. The van der Waals surface area contributed by atoms with Crippen LogP contribution in [0.5, 0.6) is 0 Å². The molecule has 1 heterocycles. The first-order valence-electron chi connectivity index (χ1n) is 5.41. The van der Waals surface area contributed by atoms with Crippen molar-refractivity contribution < 1.29 is 18.2 Å². The Labute approximate surface area is 91.6 Å². The van der Waals surface area contributed by atoms with E-state index in [1.807, 2.05) is 0 Å². The molecule has 0 aliphatic carbocycles. The first kappa shape index (κ1) is 13.4. The third-order valence-corrected chi connectivity index (χ3v) is 9.94. The zero-order valence-electron chi connectivity index (χ0n) is 9.64. The maximum atomic E-state index is 12.4. The largest absolute Gasteiger partial charge is 0.340 e. The zero-order chi connectivity index (χ0) is 11.5. The molecule has 0 spiro atoms. The monoisotopic (exact) mass is 254 g/mol. The second kappa shape index (κ2) is 5.14. The molecule has 0 aromatic heterocycles. The van der Waals surface area contributed by atoms with E-state index in [-0.39, 0.29) is 5.40 Å². The molecule has 6 heteroatoms. The summed E-state index contributed by atoms with van der Waals surface area (Å²) in [6.07, 6.45) is 2.23. The highest BCUT2D eigenvalue weighted by molar-refractivity contribution is 7.77. The summed E-state index contributed by atoms with van der Waals surface area (Å²) >= 11 is 0. The molecular formula is C9H20O4P2. The molecule has 0 bridgehead atoms. The lowest BCUT2D eigenvalue weighted by Crippen LogP contribution is -2.10. The fourth-order valence-electron chi connectivity index (χ4n) is 2.04. The minimum atomic E-state index is -3.15. The van der Waals surface area contributed by atoms with Gasteiger partial charge in [-0.05, 0) is 33.4 Å². The molecule has 1 saturated heterocycles. The number of rotatable bonds is 5. The first-order valence-corrected chi connectivity index (χ1v) is 9.43. The van der Waals surface area contributed by atoms with Crippen LogP contribution in [0.25, 0.3) is 0 Å².